The molecule has 0 saturated carbocycles. The zero-order valence-electron chi connectivity index (χ0n) is 16.4. The minimum absolute atomic E-state index is 0.329. The molecule has 3 aromatic rings. The van der Waals surface area contributed by atoms with Gasteiger partial charge in [-0.3, -0.25) is 0 Å². The normalized spacial score (nSPS) is 9.96. The molecule has 0 aliphatic carbocycles. The van der Waals surface area contributed by atoms with Crippen LogP contribution < -0.4 is 14.2 Å². The lowest BCUT2D eigenvalue weighted by Gasteiger charge is -2.12. The third kappa shape index (κ3) is 5.19. The van der Waals surface area contributed by atoms with Crippen LogP contribution in [0.5, 0.6) is 17.5 Å². The fourth-order valence-corrected chi connectivity index (χ4v) is 2.71. The summed E-state index contributed by atoms with van der Waals surface area (Å²) >= 11 is 3.34. The second kappa shape index (κ2) is 10.0. The van der Waals surface area contributed by atoms with Crippen LogP contribution in [-0.4, -0.2) is 31.3 Å². The SMILES string of the molecule is COc1ccc(-c2c(F)cccc2OC)c(C)n1.COc1ccc(Br)c(C)n1. The Labute approximate surface area is 172 Å². The van der Waals surface area contributed by atoms with Gasteiger partial charge < -0.3 is 14.2 Å². The first kappa shape index (κ1) is 21.6. The minimum atomic E-state index is -0.329. The van der Waals surface area contributed by atoms with Gasteiger partial charge in [0.05, 0.1) is 32.6 Å². The molecule has 0 amide bonds. The fourth-order valence-electron chi connectivity index (χ4n) is 2.49. The third-order valence-electron chi connectivity index (χ3n) is 3.94. The zero-order valence-corrected chi connectivity index (χ0v) is 18.0. The van der Waals surface area contributed by atoms with E-state index in [-0.39, 0.29) is 5.82 Å². The van der Waals surface area contributed by atoms with Crippen molar-refractivity contribution in [3.63, 3.8) is 0 Å². The predicted octanol–water partition coefficient (Wildman–Crippen LogP) is 5.37. The predicted molar refractivity (Wildman–Crippen MR) is 111 cm³/mol. The van der Waals surface area contributed by atoms with Gasteiger partial charge in [0.15, 0.2) is 0 Å². The summed E-state index contributed by atoms with van der Waals surface area (Å²) in [6.07, 6.45) is 0. The fraction of sp³-hybridized carbons (Fsp3) is 0.238. The highest BCUT2D eigenvalue weighted by Gasteiger charge is 2.14. The van der Waals surface area contributed by atoms with Gasteiger partial charge in [0.1, 0.15) is 11.6 Å². The quantitative estimate of drug-likeness (QED) is 0.536. The number of aromatic nitrogens is 2. The summed E-state index contributed by atoms with van der Waals surface area (Å²) in [6.45, 7) is 3.73. The van der Waals surface area contributed by atoms with Gasteiger partial charge in [-0.2, -0.15) is 0 Å². The molecule has 28 heavy (non-hydrogen) atoms. The van der Waals surface area contributed by atoms with Crippen LogP contribution in [0.25, 0.3) is 11.1 Å². The molecule has 2 aromatic heterocycles. The lowest BCUT2D eigenvalue weighted by atomic mass is 10.0. The molecule has 0 unspecified atom stereocenters. The van der Waals surface area contributed by atoms with E-state index in [1.165, 1.54) is 13.2 Å². The van der Waals surface area contributed by atoms with Crippen LogP contribution in [0.4, 0.5) is 4.39 Å². The number of pyridine rings is 2. The molecule has 5 nitrogen and oxygen atoms in total. The van der Waals surface area contributed by atoms with E-state index in [0.29, 0.717) is 34.3 Å². The highest BCUT2D eigenvalue weighted by atomic mass is 79.9. The second-order valence-corrected chi connectivity index (χ2v) is 6.58. The Hall–Kier alpha value is -2.67. The maximum atomic E-state index is 13.9. The van der Waals surface area contributed by atoms with Crippen molar-refractivity contribution in [3.8, 4) is 28.6 Å². The van der Waals surface area contributed by atoms with Crippen molar-refractivity contribution in [1.82, 2.24) is 9.97 Å². The van der Waals surface area contributed by atoms with E-state index in [4.69, 9.17) is 14.2 Å². The molecular weight excluding hydrogens is 427 g/mol. The summed E-state index contributed by atoms with van der Waals surface area (Å²) in [6, 6.07) is 12.0. The number of benzene rings is 1. The second-order valence-electron chi connectivity index (χ2n) is 5.72. The Balaban J connectivity index is 0.000000237. The monoisotopic (exact) mass is 448 g/mol. The Morgan fingerprint density at radius 2 is 1.39 bits per heavy atom. The topological polar surface area (TPSA) is 53.5 Å². The van der Waals surface area contributed by atoms with Crippen molar-refractivity contribution < 1.29 is 18.6 Å². The number of halogens is 2. The Bertz CT molecular complexity index is 951. The van der Waals surface area contributed by atoms with Crippen LogP contribution >= 0.6 is 15.9 Å². The minimum Gasteiger partial charge on any atom is -0.496 e. The molecule has 7 heteroatoms. The zero-order chi connectivity index (χ0) is 20.7. The Morgan fingerprint density at radius 3 is 1.93 bits per heavy atom. The number of hydrogen-bond acceptors (Lipinski definition) is 5. The van der Waals surface area contributed by atoms with E-state index in [0.717, 1.165) is 10.2 Å². The molecule has 0 saturated heterocycles. The highest BCUT2D eigenvalue weighted by molar-refractivity contribution is 9.10. The third-order valence-corrected chi connectivity index (χ3v) is 4.78. The number of ether oxygens (including phenoxy) is 3. The van der Waals surface area contributed by atoms with E-state index < -0.39 is 0 Å². The number of rotatable bonds is 4. The van der Waals surface area contributed by atoms with Gasteiger partial charge in [0, 0.05) is 27.9 Å². The van der Waals surface area contributed by atoms with Gasteiger partial charge in [-0.05, 0) is 54.0 Å². The smallest absolute Gasteiger partial charge is 0.213 e. The maximum absolute atomic E-state index is 13.9. The lowest BCUT2D eigenvalue weighted by Crippen LogP contribution is -1.96. The molecule has 0 aliphatic rings. The van der Waals surface area contributed by atoms with E-state index in [9.17, 15) is 4.39 Å². The van der Waals surface area contributed by atoms with Crippen LogP contribution in [0.2, 0.25) is 0 Å². The summed E-state index contributed by atoms with van der Waals surface area (Å²) in [7, 11) is 4.67. The lowest BCUT2D eigenvalue weighted by molar-refractivity contribution is 0.396. The van der Waals surface area contributed by atoms with E-state index in [1.54, 1.807) is 38.5 Å². The number of aryl methyl sites for hydroxylation is 2. The molecule has 0 bridgehead atoms. The first-order valence-corrected chi connectivity index (χ1v) is 9.22. The summed E-state index contributed by atoms with van der Waals surface area (Å²) in [4.78, 5) is 8.36. The van der Waals surface area contributed by atoms with Gasteiger partial charge in [0.2, 0.25) is 11.8 Å². The van der Waals surface area contributed by atoms with Crippen molar-refractivity contribution >= 4 is 15.9 Å². The summed E-state index contributed by atoms with van der Waals surface area (Å²) < 4.78 is 30.1. The first-order valence-electron chi connectivity index (χ1n) is 8.42. The Kier molecular flexibility index (Phi) is 7.75. The molecule has 0 radical (unpaired) electrons. The largest absolute Gasteiger partial charge is 0.496 e. The molecule has 1 aromatic carbocycles. The van der Waals surface area contributed by atoms with Crippen LogP contribution in [0.15, 0.2) is 46.9 Å². The molecule has 0 atom stereocenters. The van der Waals surface area contributed by atoms with Gasteiger partial charge in [-0.25, -0.2) is 14.4 Å². The molecule has 148 valence electrons. The van der Waals surface area contributed by atoms with Gasteiger partial charge in [0.25, 0.3) is 0 Å². The van der Waals surface area contributed by atoms with Crippen molar-refractivity contribution in [2.45, 2.75) is 13.8 Å². The molecule has 0 N–H and O–H groups in total. The highest BCUT2D eigenvalue weighted by Crippen LogP contribution is 2.34. The first-order chi connectivity index (χ1) is 13.4. The molecule has 0 aliphatic heterocycles. The number of hydrogen-bond donors (Lipinski definition) is 0. The number of nitrogens with zero attached hydrogens (tertiary/aromatic N) is 2. The van der Waals surface area contributed by atoms with Crippen LogP contribution in [0.1, 0.15) is 11.4 Å². The maximum Gasteiger partial charge on any atom is 0.213 e. The van der Waals surface area contributed by atoms with E-state index in [1.807, 2.05) is 26.0 Å². The summed E-state index contributed by atoms with van der Waals surface area (Å²) in [5, 5.41) is 0. The van der Waals surface area contributed by atoms with Gasteiger partial charge >= 0.3 is 0 Å². The average Bonchev–Trinajstić information content (AvgIpc) is 2.70. The van der Waals surface area contributed by atoms with Crippen LogP contribution in [0.3, 0.4) is 0 Å². The summed E-state index contributed by atoms with van der Waals surface area (Å²) in [5.41, 5.74) is 2.76. The van der Waals surface area contributed by atoms with Crippen LogP contribution in [0, 0.1) is 19.7 Å². The van der Waals surface area contributed by atoms with Crippen molar-refractivity contribution in [3.05, 3.63) is 64.1 Å². The molecular formula is C21H22BrFN2O3. The van der Waals surface area contributed by atoms with Crippen molar-refractivity contribution in [2.24, 2.45) is 0 Å². The molecule has 3 rings (SSSR count). The van der Waals surface area contributed by atoms with E-state index in [2.05, 4.69) is 25.9 Å². The van der Waals surface area contributed by atoms with Crippen molar-refractivity contribution in [1.29, 1.82) is 0 Å². The van der Waals surface area contributed by atoms with Crippen molar-refractivity contribution in [2.75, 3.05) is 21.3 Å². The average molecular weight is 449 g/mol. The molecule has 0 spiro atoms. The summed E-state index contributed by atoms with van der Waals surface area (Å²) in [5.74, 6) is 1.32. The molecule has 0 fully saturated rings. The van der Waals surface area contributed by atoms with Crippen LogP contribution in [-0.2, 0) is 0 Å². The van der Waals surface area contributed by atoms with Gasteiger partial charge in [-0.1, -0.05) is 6.07 Å². The Morgan fingerprint density at radius 1 is 0.786 bits per heavy atom. The van der Waals surface area contributed by atoms with E-state index >= 15 is 0 Å². The number of methoxy groups -OCH3 is 3. The standard InChI is InChI=1S/C14H14FNO2.C7H8BrNO/c1-9-10(7-8-13(16-9)18-3)14-11(15)5-4-6-12(14)17-2;1-5-6(8)3-4-7(9-5)10-2/h4-8H,1-3H3;3-4H,1-2H3. The molecule has 2 heterocycles. The van der Waals surface area contributed by atoms with Gasteiger partial charge in [-0.15, -0.1) is 0 Å².